The van der Waals surface area contributed by atoms with E-state index in [1.54, 1.807) is 7.11 Å². The number of hydrogen-bond donors (Lipinski definition) is 1. The highest BCUT2D eigenvalue weighted by molar-refractivity contribution is 5.77. The van der Waals surface area contributed by atoms with Crippen LogP contribution in [0.3, 0.4) is 0 Å². The van der Waals surface area contributed by atoms with Gasteiger partial charge in [-0.2, -0.15) is 0 Å². The van der Waals surface area contributed by atoms with Crippen LogP contribution in [0.1, 0.15) is 46.8 Å². The number of benzene rings is 2. The highest BCUT2D eigenvalue weighted by Gasteiger charge is 2.48. The van der Waals surface area contributed by atoms with Crippen LogP contribution in [0.4, 0.5) is 0 Å². The number of methoxy groups -OCH3 is 1. The summed E-state index contributed by atoms with van der Waals surface area (Å²) in [6.07, 6.45) is 0. The molecule has 0 bridgehead atoms. The Morgan fingerprint density at radius 1 is 1.03 bits per heavy atom. The van der Waals surface area contributed by atoms with E-state index in [0.29, 0.717) is 30.5 Å². The number of carboxylic acid groups (broad SMARTS) is 1. The van der Waals surface area contributed by atoms with Gasteiger partial charge in [-0.15, -0.1) is 0 Å². The van der Waals surface area contributed by atoms with Crippen molar-refractivity contribution in [2.45, 2.75) is 25.4 Å². The zero-order valence-corrected chi connectivity index (χ0v) is 18.5. The molecule has 33 heavy (non-hydrogen) atoms. The van der Waals surface area contributed by atoms with Gasteiger partial charge >= 0.3 is 5.97 Å². The summed E-state index contributed by atoms with van der Waals surface area (Å²) in [5.74, 6) is -0.387. The number of carbonyl (C=O) groups is 1. The summed E-state index contributed by atoms with van der Waals surface area (Å²) in [5, 5.41) is 10.4. The SMILES string of the molecule is CCOCc1ccc2c(n1)[C@@H](c1ccc(OC)cc1)[C@H](C(=O)O)[C@H]2c1ccc2c(c1)OCO2. The number of aromatic nitrogens is 1. The third kappa shape index (κ3) is 3.78. The number of pyridine rings is 1. The van der Waals surface area contributed by atoms with E-state index in [9.17, 15) is 9.90 Å². The Balaban J connectivity index is 1.66. The molecule has 0 unspecified atom stereocenters. The van der Waals surface area contributed by atoms with Crippen molar-refractivity contribution in [1.29, 1.82) is 0 Å². The molecule has 0 fully saturated rings. The van der Waals surface area contributed by atoms with Crippen molar-refractivity contribution in [1.82, 2.24) is 4.98 Å². The second-order valence-corrected chi connectivity index (χ2v) is 8.12. The van der Waals surface area contributed by atoms with Crippen LogP contribution in [0.2, 0.25) is 0 Å². The molecule has 1 aromatic heterocycles. The summed E-state index contributed by atoms with van der Waals surface area (Å²) in [5.41, 5.74) is 4.20. The Morgan fingerprint density at radius 3 is 2.52 bits per heavy atom. The summed E-state index contributed by atoms with van der Waals surface area (Å²) in [4.78, 5) is 17.6. The van der Waals surface area contributed by atoms with E-state index in [-0.39, 0.29) is 12.7 Å². The van der Waals surface area contributed by atoms with Crippen LogP contribution < -0.4 is 14.2 Å². The molecule has 1 N–H and O–H groups in total. The fourth-order valence-electron chi connectivity index (χ4n) is 4.84. The first kappa shape index (κ1) is 21.3. The molecule has 3 atom stereocenters. The molecule has 0 saturated carbocycles. The molecule has 0 spiro atoms. The summed E-state index contributed by atoms with van der Waals surface area (Å²) in [7, 11) is 1.61. The highest BCUT2D eigenvalue weighted by Crippen LogP contribution is 2.53. The average Bonchev–Trinajstić information content (AvgIpc) is 3.44. The van der Waals surface area contributed by atoms with E-state index in [2.05, 4.69) is 0 Å². The molecule has 2 heterocycles. The van der Waals surface area contributed by atoms with Gasteiger partial charge in [0.2, 0.25) is 6.79 Å². The lowest BCUT2D eigenvalue weighted by Gasteiger charge is -2.22. The molecule has 2 aliphatic rings. The van der Waals surface area contributed by atoms with Crippen LogP contribution in [0, 0.1) is 5.92 Å². The molecular weight excluding hydrogens is 422 g/mol. The lowest BCUT2D eigenvalue weighted by atomic mass is 9.80. The first-order valence-corrected chi connectivity index (χ1v) is 10.9. The van der Waals surface area contributed by atoms with Gasteiger partial charge in [0.15, 0.2) is 11.5 Å². The number of nitrogens with zero attached hydrogens (tertiary/aromatic N) is 1. The Labute approximate surface area is 191 Å². The maximum atomic E-state index is 12.7. The van der Waals surface area contributed by atoms with Gasteiger partial charge in [-0.3, -0.25) is 9.78 Å². The molecule has 3 aromatic rings. The number of rotatable bonds is 7. The number of hydrogen-bond acceptors (Lipinski definition) is 6. The van der Waals surface area contributed by atoms with Crippen LogP contribution >= 0.6 is 0 Å². The molecule has 0 saturated heterocycles. The fourth-order valence-corrected chi connectivity index (χ4v) is 4.84. The van der Waals surface area contributed by atoms with Crippen molar-refractivity contribution < 1.29 is 28.8 Å². The molecular formula is C26H25NO6. The largest absolute Gasteiger partial charge is 0.497 e. The van der Waals surface area contributed by atoms with Gasteiger partial charge < -0.3 is 24.1 Å². The topological polar surface area (TPSA) is 87.1 Å². The minimum atomic E-state index is -0.872. The van der Waals surface area contributed by atoms with E-state index < -0.39 is 17.8 Å². The summed E-state index contributed by atoms with van der Waals surface area (Å²) < 4.78 is 21.9. The number of aliphatic carboxylic acids is 1. The van der Waals surface area contributed by atoms with Crippen LogP contribution in [-0.2, 0) is 16.1 Å². The minimum Gasteiger partial charge on any atom is -0.497 e. The molecule has 7 nitrogen and oxygen atoms in total. The van der Waals surface area contributed by atoms with E-state index >= 15 is 0 Å². The number of fused-ring (bicyclic) bond motifs is 2. The lowest BCUT2D eigenvalue weighted by molar-refractivity contribution is -0.142. The second kappa shape index (κ2) is 8.75. The smallest absolute Gasteiger partial charge is 0.308 e. The predicted molar refractivity (Wildman–Crippen MR) is 120 cm³/mol. The first-order chi connectivity index (χ1) is 16.1. The molecule has 170 valence electrons. The van der Waals surface area contributed by atoms with Gasteiger partial charge in [0.05, 0.1) is 31.0 Å². The normalized spacial score (nSPS) is 20.5. The maximum absolute atomic E-state index is 12.7. The first-order valence-electron chi connectivity index (χ1n) is 10.9. The van der Waals surface area contributed by atoms with Crippen molar-refractivity contribution in [3.63, 3.8) is 0 Å². The number of carboxylic acids is 1. The Morgan fingerprint density at radius 2 is 1.79 bits per heavy atom. The zero-order valence-electron chi connectivity index (χ0n) is 18.5. The second-order valence-electron chi connectivity index (χ2n) is 8.12. The van der Waals surface area contributed by atoms with E-state index in [4.69, 9.17) is 23.9 Å². The van der Waals surface area contributed by atoms with Gasteiger partial charge in [-0.1, -0.05) is 24.3 Å². The van der Waals surface area contributed by atoms with Gasteiger partial charge in [-0.05, 0) is 53.9 Å². The monoisotopic (exact) mass is 447 g/mol. The summed E-state index contributed by atoms with van der Waals surface area (Å²) >= 11 is 0. The predicted octanol–water partition coefficient (Wildman–Crippen LogP) is 4.33. The molecule has 0 amide bonds. The molecule has 5 rings (SSSR count). The van der Waals surface area contributed by atoms with Gasteiger partial charge in [0.25, 0.3) is 0 Å². The van der Waals surface area contributed by atoms with Crippen LogP contribution in [-0.4, -0.2) is 36.6 Å². The van der Waals surface area contributed by atoms with Crippen molar-refractivity contribution in [3.05, 3.63) is 82.7 Å². The summed E-state index contributed by atoms with van der Waals surface area (Å²) in [6.45, 7) is 3.06. The standard InChI is InChI=1S/C26H25NO6/c1-3-31-13-17-7-10-19-22(16-6-11-20-21(12-16)33-14-32-20)24(26(28)29)23(25(19)27-17)15-4-8-18(30-2)9-5-15/h4-12,22-24H,3,13-14H2,1-2H3,(H,28,29)/t22-,23-,24+/m0/s1. The quantitative estimate of drug-likeness (QED) is 0.577. The van der Waals surface area contributed by atoms with Crippen LogP contribution in [0.15, 0.2) is 54.6 Å². The third-order valence-electron chi connectivity index (χ3n) is 6.33. The van der Waals surface area contributed by atoms with Crippen molar-refractivity contribution >= 4 is 5.97 Å². The van der Waals surface area contributed by atoms with Gasteiger partial charge in [-0.25, -0.2) is 0 Å². The molecule has 1 aliphatic heterocycles. The molecule has 7 heteroatoms. The summed E-state index contributed by atoms with van der Waals surface area (Å²) in [6, 6.07) is 17.1. The molecule has 0 radical (unpaired) electrons. The Bertz CT molecular complexity index is 1180. The van der Waals surface area contributed by atoms with E-state index in [0.717, 1.165) is 28.1 Å². The Kier molecular flexibility index (Phi) is 5.64. The fraction of sp³-hybridized carbons (Fsp3) is 0.308. The minimum absolute atomic E-state index is 0.166. The Hall–Kier alpha value is -3.58. The van der Waals surface area contributed by atoms with Crippen LogP contribution in [0.5, 0.6) is 17.2 Å². The highest BCUT2D eigenvalue weighted by atomic mass is 16.7. The lowest BCUT2D eigenvalue weighted by Crippen LogP contribution is -2.24. The molecule has 1 aliphatic carbocycles. The maximum Gasteiger partial charge on any atom is 0.308 e. The van der Waals surface area contributed by atoms with Crippen molar-refractivity contribution in [2.24, 2.45) is 5.92 Å². The van der Waals surface area contributed by atoms with E-state index in [1.165, 1.54) is 0 Å². The van der Waals surface area contributed by atoms with Gasteiger partial charge in [0.1, 0.15) is 5.75 Å². The average molecular weight is 447 g/mol. The zero-order chi connectivity index (χ0) is 22.9. The molecule has 2 aromatic carbocycles. The van der Waals surface area contributed by atoms with Crippen LogP contribution in [0.25, 0.3) is 0 Å². The third-order valence-corrected chi connectivity index (χ3v) is 6.33. The number of ether oxygens (including phenoxy) is 4. The van der Waals surface area contributed by atoms with Crippen molar-refractivity contribution in [3.8, 4) is 17.2 Å². The van der Waals surface area contributed by atoms with Gasteiger partial charge in [0, 0.05) is 18.4 Å². The van der Waals surface area contributed by atoms with Crippen molar-refractivity contribution in [2.75, 3.05) is 20.5 Å². The van der Waals surface area contributed by atoms with E-state index in [1.807, 2.05) is 61.5 Å².